The van der Waals surface area contributed by atoms with Crippen molar-refractivity contribution in [3.8, 4) is 0 Å². The summed E-state index contributed by atoms with van der Waals surface area (Å²) >= 11 is 0. The summed E-state index contributed by atoms with van der Waals surface area (Å²) in [6, 6.07) is 0. The highest BCUT2D eigenvalue weighted by molar-refractivity contribution is 14.0. The molecule has 0 aromatic carbocycles. The van der Waals surface area contributed by atoms with E-state index in [9.17, 15) is 0 Å². The van der Waals surface area contributed by atoms with Gasteiger partial charge in [0.1, 0.15) is 0 Å². The van der Waals surface area contributed by atoms with Crippen molar-refractivity contribution in [1.29, 1.82) is 0 Å². The van der Waals surface area contributed by atoms with Gasteiger partial charge in [0.25, 0.3) is 0 Å². The Bertz CT molecular complexity index is 110. The van der Waals surface area contributed by atoms with Gasteiger partial charge >= 0.3 is 0 Å². The summed E-state index contributed by atoms with van der Waals surface area (Å²) in [7, 11) is 0. The second kappa shape index (κ2) is 23.2. The maximum absolute atomic E-state index is 3.43. The summed E-state index contributed by atoms with van der Waals surface area (Å²) in [6.07, 6.45) is 3.82. The van der Waals surface area contributed by atoms with Gasteiger partial charge in [0, 0.05) is 0 Å². The van der Waals surface area contributed by atoms with E-state index in [1.54, 1.807) is 0 Å². The molecule has 0 saturated carbocycles. The lowest BCUT2D eigenvalue weighted by Crippen LogP contribution is -2.46. The van der Waals surface area contributed by atoms with E-state index in [2.05, 4.69) is 43.3 Å². The molecule has 6 heteroatoms. The van der Waals surface area contributed by atoms with Gasteiger partial charge in [-0.2, -0.15) is 0 Å². The predicted octanol–water partition coefficient (Wildman–Crippen LogP) is 3.33. The standard InChI is InChI=1S/C11H26N3.3HI/c1-4-7-12-10-11(13-8-5-2)14-9-6-3;;;/h10-14H,4-9H2,1-3H3;3*1H. The molecule has 0 spiro atoms. The Balaban J connectivity index is -0.000000282. The van der Waals surface area contributed by atoms with Crippen molar-refractivity contribution in [3.05, 3.63) is 6.54 Å². The maximum atomic E-state index is 3.43. The molecule has 0 rings (SSSR count). The maximum Gasteiger partial charge on any atom is 0.0746 e. The Hall–Kier alpha value is 2.07. The topological polar surface area (TPSA) is 36.1 Å². The number of hydrogen-bond donors (Lipinski definition) is 3. The van der Waals surface area contributed by atoms with Crippen LogP contribution in [0.3, 0.4) is 0 Å². The Morgan fingerprint density at radius 3 is 1.53 bits per heavy atom. The number of hydrogen-bond acceptors (Lipinski definition) is 3. The van der Waals surface area contributed by atoms with Crippen LogP contribution in [-0.2, 0) is 0 Å². The van der Waals surface area contributed by atoms with E-state index in [4.69, 9.17) is 0 Å². The van der Waals surface area contributed by atoms with Crippen LogP contribution in [0.15, 0.2) is 0 Å². The van der Waals surface area contributed by atoms with Gasteiger partial charge in [-0.3, -0.25) is 0 Å². The second-order valence-electron chi connectivity index (χ2n) is 3.51. The highest BCUT2D eigenvalue weighted by Crippen LogP contribution is 1.85. The molecule has 109 valence electrons. The van der Waals surface area contributed by atoms with E-state index < -0.39 is 0 Å². The fourth-order valence-electron chi connectivity index (χ4n) is 1.14. The summed E-state index contributed by atoms with van der Waals surface area (Å²) < 4.78 is 0. The van der Waals surface area contributed by atoms with Crippen LogP contribution >= 0.6 is 71.9 Å². The third-order valence-electron chi connectivity index (χ3n) is 1.91. The number of rotatable bonds is 10. The van der Waals surface area contributed by atoms with Crippen LogP contribution in [0.1, 0.15) is 40.0 Å². The first kappa shape index (κ1) is 27.4. The van der Waals surface area contributed by atoms with E-state index in [1.807, 2.05) is 0 Å². The number of nitrogens with one attached hydrogen (secondary N) is 3. The second-order valence-corrected chi connectivity index (χ2v) is 3.51. The first-order valence-corrected chi connectivity index (χ1v) is 5.88. The van der Waals surface area contributed by atoms with E-state index in [-0.39, 0.29) is 71.9 Å². The van der Waals surface area contributed by atoms with Crippen LogP contribution in [-0.4, -0.2) is 25.8 Å². The van der Waals surface area contributed by atoms with Crippen molar-refractivity contribution < 1.29 is 0 Å². The lowest BCUT2D eigenvalue weighted by atomic mass is 10.3. The molecule has 0 bridgehead atoms. The van der Waals surface area contributed by atoms with Crippen molar-refractivity contribution in [2.24, 2.45) is 0 Å². The molecule has 0 amide bonds. The molecule has 0 aliphatic heterocycles. The van der Waals surface area contributed by atoms with Gasteiger partial charge in [-0.05, 0) is 38.9 Å². The zero-order valence-electron chi connectivity index (χ0n) is 11.1. The highest BCUT2D eigenvalue weighted by atomic mass is 127. The molecule has 0 aromatic rings. The van der Waals surface area contributed by atoms with Crippen molar-refractivity contribution >= 4 is 71.9 Å². The van der Waals surface area contributed by atoms with Crippen LogP contribution < -0.4 is 16.0 Å². The molecule has 0 aliphatic carbocycles. The minimum atomic E-state index is 0. The molecule has 1 radical (unpaired) electrons. The molecule has 0 unspecified atom stereocenters. The van der Waals surface area contributed by atoms with E-state index in [1.165, 1.54) is 19.3 Å². The van der Waals surface area contributed by atoms with Crippen LogP contribution in [0, 0.1) is 6.54 Å². The summed E-state index contributed by atoms with van der Waals surface area (Å²) in [5.41, 5.74) is 0. The lowest BCUT2D eigenvalue weighted by Gasteiger charge is -2.19. The van der Waals surface area contributed by atoms with Crippen LogP contribution in [0.2, 0.25) is 0 Å². The van der Waals surface area contributed by atoms with Gasteiger partial charge in [0.2, 0.25) is 0 Å². The first-order chi connectivity index (χ1) is 6.85. The lowest BCUT2D eigenvalue weighted by molar-refractivity contribution is 0.444. The van der Waals surface area contributed by atoms with E-state index in [0.29, 0.717) is 6.17 Å². The highest BCUT2D eigenvalue weighted by Gasteiger charge is 2.04. The van der Waals surface area contributed by atoms with Crippen LogP contribution in [0.25, 0.3) is 0 Å². The third-order valence-corrected chi connectivity index (χ3v) is 1.91. The Morgan fingerprint density at radius 1 is 0.765 bits per heavy atom. The van der Waals surface area contributed by atoms with E-state index in [0.717, 1.165) is 19.6 Å². The fourth-order valence-corrected chi connectivity index (χ4v) is 1.14. The smallest absolute Gasteiger partial charge is 0.0746 e. The summed E-state index contributed by atoms with van der Waals surface area (Å²) in [5, 5.41) is 10.2. The molecule has 0 fully saturated rings. The molecular formula is C11H29I3N3. The van der Waals surface area contributed by atoms with Crippen molar-refractivity contribution in [1.82, 2.24) is 16.0 Å². The van der Waals surface area contributed by atoms with Crippen LogP contribution in [0.5, 0.6) is 0 Å². The quantitative estimate of drug-likeness (QED) is 0.210. The average molecular weight is 584 g/mol. The molecule has 17 heavy (non-hydrogen) atoms. The minimum absolute atomic E-state index is 0. The molecule has 0 aromatic heterocycles. The van der Waals surface area contributed by atoms with Crippen molar-refractivity contribution in [2.45, 2.75) is 46.2 Å². The van der Waals surface area contributed by atoms with Crippen LogP contribution in [0.4, 0.5) is 0 Å². The Labute approximate surface area is 158 Å². The third kappa shape index (κ3) is 20.5. The van der Waals surface area contributed by atoms with E-state index >= 15 is 0 Å². The molecule has 0 aliphatic rings. The monoisotopic (exact) mass is 584 g/mol. The first-order valence-electron chi connectivity index (χ1n) is 5.88. The van der Waals surface area contributed by atoms with Gasteiger partial charge < -0.3 is 16.0 Å². The normalized spacial score (nSPS) is 9.18. The molecule has 3 N–H and O–H groups in total. The molecule has 0 heterocycles. The zero-order chi connectivity index (χ0) is 10.6. The van der Waals surface area contributed by atoms with Crippen molar-refractivity contribution in [3.63, 3.8) is 0 Å². The Kier molecular flexibility index (Phi) is 37.4. The zero-order valence-corrected chi connectivity index (χ0v) is 18.1. The van der Waals surface area contributed by atoms with Gasteiger partial charge in [0.05, 0.1) is 12.7 Å². The molecule has 0 saturated heterocycles. The number of halogens is 3. The predicted molar refractivity (Wildman–Crippen MR) is 109 cm³/mol. The molecular weight excluding hydrogens is 555 g/mol. The van der Waals surface area contributed by atoms with Gasteiger partial charge in [-0.15, -0.1) is 71.9 Å². The molecule has 0 atom stereocenters. The average Bonchev–Trinajstić information content (AvgIpc) is 2.21. The fraction of sp³-hybridized carbons (Fsp3) is 0.909. The van der Waals surface area contributed by atoms with Crippen molar-refractivity contribution in [2.75, 3.05) is 19.6 Å². The van der Waals surface area contributed by atoms with Gasteiger partial charge in [-0.25, -0.2) is 0 Å². The summed E-state index contributed by atoms with van der Waals surface area (Å²) in [5.74, 6) is 0. The minimum Gasteiger partial charge on any atom is -0.310 e. The van der Waals surface area contributed by atoms with Gasteiger partial charge in [0.15, 0.2) is 0 Å². The Morgan fingerprint density at radius 2 is 1.18 bits per heavy atom. The largest absolute Gasteiger partial charge is 0.310 e. The van der Waals surface area contributed by atoms with Gasteiger partial charge in [-0.1, -0.05) is 20.8 Å². The molecule has 3 nitrogen and oxygen atoms in total. The summed E-state index contributed by atoms with van der Waals surface area (Å²) in [4.78, 5) is 0. The summed E-state index contributed by atoms with van der Waals surface area (Å²) in [6.45, 7) is 11.8. The SMILES string of the molecule is CCCN[CH]C(NCCC)NCCC.I.I.I.